The standard InChI is InChI=1S/C26H22N4O3S.C19H16N4O.C17H13BrN4O2S.C14H23BN2O4.C14H10BrIN2O2S.C8H10BNO3.CH4O/c1-17-6-8-22(9-7-17)34(32,33)30-25(21-15-28-29-16-21)14-24-23(10-11-27-26(24)30)20-5-3-4-19(13-20)12-18(2)31;1-12(24)7-13-3-2-4-14(8-13)16-5-6-20-19-17(16)9-18(23-19)15-10-21-22-11-15;1-11-2-4-13(5-3-11)25(23,24)22-16(12-9-20-21-10-12)8-14-15(18)6-7-19-17(14)22;1-12(2,3)19-11(18)17-9-10(8-16-17)15-20-13(4,5)14(6,7)21-15;1-9-2-4-10(5-3-9)21(19,20)18-13(16)8-11-12(15)6-7-17-14(11)18;1-6(11)10-8-4-2-3-7(5-8)9(12)13;1-2/h3-11,13-16H,12H2,1-2H3,(H,28,29);2-6,8-11H,7H2,1H3,(H,20,23)(H,21,22);2-10H,1H3,(H,20,21);8-9H,1-7H3;2-8H,1H3;2-5,12-13H,1H3,(H,10,11);2H,1H3. The first-order chi connectivity index (χ1) is 66.4. The number of carbonyl (C=O) groups is 4. The Bertz CT molecular complexity index is 7870. The molecule has 0 atom stereocenters. The second-order valence-electron chi connectivity index (χ2n) is 34.3. The number of halogens is 3. The third-order valence-corrected chi connectivity index (χ3v) is 29.7. The van der Waals surface area contributed by atoms with Gasteiger partial charge < -0.3 is 39.5 Å². The maximum atomic E-state index is 13.8. The van der Waals surface area contributed by atoms with E-state index in [1.54, 1.807) is 197 Å². The summed E-state index contributed by atoms with van der Waals surface area (Å²) in [5.74, 6) is 0.0510. The van der Waals surface area contributed by atoms with Crippen molar-refractivity contribution in [3.8, 4) is 56.0 Å². The van der Waals surface area contributed by atoms with Gasteiger partial charge in [0.2, 0.25) is 5.91 Å². The Labute approximate surface area is 838 Å². The number of aryl methyl sites for hydroxylation is 3. The molecule has 0 unspecified atom stereocenters. The molecule has 1 amide bonds. The van der Waals surface area contributed by atoms with E-state index in [0.29, 0.717) is 78.0 Å². The van der Waals surface area contributed by atoms with E-state index in [4.69, 9.17) is 29.2 Å². The van der Waals surface area contributed by atoms with Crippen LogP contribution in [0.4, 0.5) is 10.5 Å². The molecular formula is C99H98B2Br2IN17O16S3. The number of nitrogens with zero attached hydrogens (tertiary/aromatic N) is 12. The van der Waals surface area contributed by atoms with Gasteiger partial charge in [-0.05, 0) is 273 Å². The lowest BCUT2D eigenvalue weighted by Crippen LogP contribution is -2.41. The van der Waals surface area contributed by atoms with Gasteiger partial charge in [0, 0.05) is 141 Å². The van der Waals surface area contributed by atoms with Gasteiger partial charge in [-0.25, -0.2) is 61.9 Å². The molecule has 6 aromatic carbocycles. The molecule has 0 aliphatic carbocycles. The van der Waals surface area contributed by atoms with Gasteiger partial charge in [0.05, 0.1) is 65.3 Å². The summed E-state index contributed by atoms with van der Waals surface area (Å²) in [4.78, 5) is 67.0. The summed E-state index contributed by atoms with van der Waals surface area (Å²) in [6.07, 6.45) is 20.1. The molecule has 0 radical (unpaired) electrons. The van der Waals surface area contributed by atoms with Crippen LogP contribution in [-0.2, 0) is 71.3 Å². The van der Waals surface area contributed by atoms with Gasteiger partial charge in [-0.3, -0.25) is 29.7 Å². The number of aromatic nitrogens is 16. The molecule has 0 saturated carbocycles. The molecule has 8 N–H and O–H groups in total. The van der Waals surface area contributed by atoms with Crippen molar-refractivity contribution in [2.24, 2.45) is 0 Å². The van der Waals surface area contributed by atoms with Crippen LogP contribution in [0, 0.1) is 24.5 Å². The number of benzene rings is 6. The zero-order valence-corrected chi connectivity index (χ0v) is 86.1. The fourth-order valence-corrected chi connectivity index (χ4v) is 21.1. The highest BCUT2D eigenvalue weighted by Gasteiger charge is 2.52. The van der Waals surface area contributed by atoms with Crippen molar-refractivity contribution in [1.29, 1.82) is 0 Å². The SMILES string of the molecule is CC(=O)Cc1cccc(-c2ccnc3[nH]c(-c4cn[nH]c4)cc23)c1.CC(=O)Cc1cccc(-c2ccnc3c2cc(-c2cn[nH]c2)n3S(=O)(=O)c2ccc(C)cc2)c1.CC(=O)Nc1cccc(B(O)O)c1.CC(C)(C)OC(=O)n1cc(B2OC(C)(C)C(C)(C)O2)cn1.CO.Cc1ccc(S(=O)(=O)n2c(-c3cn[nH]c3)cc3c(Br)ccnc32)cc1.Cc1ccc(S(=O)(=O)n2c(I)cc3c(Br)ccnc32)cc1. The molecule has 0 bridgehead atoms. The Hall–Kier alpha value is -13.3. The van der Waals surface area contributed by atoms with E-state index in [9.17, 15) is 44.4 Å². The van der Waals surface area contributed by atoms with Crippen molar-refractivity contribution in [2.75, 3.05) is 12.4 Å². The Balaban J connectivity index is 0.000000144. The minimum absolute atomic E-state index is 0.0783. The normalized spacial score (nSPS) is 12.7. The lowest BCUT2D eigenvalue weighted by atomic mass is 9.80. The molecule has 1 aliphatic heterocycles. The minimum Gasteiger partial charge on any atom is -0.442 e. The highest BCUT2D eigenvalue weighted by Crippen LogP contribution is 2.41. The van der Waals surface area contributed by atoms with Crippen molar-refractivity contribution >= 4 is 183 Å². The van der Waals surface area contributed by atoms with Gasteiger partial charge in [-0.1, -0.05) is 114 Å². The molecule has 720 valence electrons. The summed E-state index contributed by atoms with van der Waals surface area (Å²) in [7, 11) is -12.5. The number of amides is 1. The number of pyridine rings is 4. The average Bonchev–Trinajstić information content (AvgIpc) is 1.71. The number of hydrogen-bond donors (Lipinski definition) is 8. The van der Waals surface area contributed by atoms with Crippen molar-refractivity contribution < 1.29 is 73.6 Å². The molecular weight excluding hydrogens is 2090 g/mol. The first-order valence-electron chi connectivity index (χ1n) is 43.3. The Morgan fingerprint density at radius 3 is 1.38 bits per heavy atom. The van der Waals surface area contributed by atoms with Crippen LogP contribution < -0.4 is 16.2 Å². The predicted octanol–water partition coefficient (Wildman–Crippen LogP) is 17.1. The van der Waals surface area contributed by atoms with Gasteiger partial charge in [-0.15, -0.1) is 0 Å². The van der Waals surface area contributed by atoms with Gasteiger partial charge >= 0.3 is 20.3 Å². The van der Waals surface area contributed by atoms with Crippen LogP contribution in [0.15, 0.2) is 292 Å². The summed E-state index contributed by atoms with van der Waals surface area (Å²) in [6.45, 7) is 23.6. The number of Topliss-reactive ketones (excluding diaryl/α,β-unsaturated/α-hetero) is 2. The van der Waals surface area contributed by atoms with Gasteiger partial charge in [0.25, 0.3) is 30.1 Å². The Morgan fingerprint density at radius 1 is 0.507 bits per heavy atom. The summed E-state index contributed by atoms with van der Waals surface area (Å²) in [5.41, 5.74) is 15.2. The number of fused-ring (bicyclic) bond motifs is 4. The molecule has 33 nitrogen and oxygen atoms in total. The summed E-state index contributed by atoms with van der Waals surface area (Å²) < 4.78 is 104. The van der Waals surface area contributed by atoms with E-state index in [-0.39, 0.29) is 32.2 Å². The molecule has 13 heterocycles. The first-order valence-corrected chi connectivity index (χ1v) is 50.3. The number of hydrogen-bond acceptors (Lipinski definition) is 24. The molecule has 1 aliphatic rings. The predicted molar refractivity (Wildman–Crippen MR) is 555 cm³/mol. The Kier molecular flexibility index (Phi) is 32.7. The van der Waals surface area contributed by atoms with E-state index in [0.717, 1.165) is 104 Å². The highest BCUT2D eigenvalue weighted by atomic mass is 127. The number of aromatic amines is 4. The number of ketones is 2. The fourth-order valence-electron chi connectivity index (χ4n) is 14.7. The molecule has 1 saturated heterocycles. The zero-order valence-electron chi connectivity index (χ0n) is 78.3. The second-order valence-corrected chi connectivity index (χ2v) is 42.5. The molecule has 140 heavy (non-hydrogen) atoms. The van der Waals surface area contributed by atoms with Crippen molar-refractivity contribution in [3.63, 3.8) is 0 Å². The number of ether oxygens (including phenoxy) is 1. The quantitative estimate of drug-likeness (QED) is 0.0292. The van der Waals surface area contributed by atoms with Crippen molar-refractivity contribution in [3.05, 3.63) is 309 Å². The molecule has 0 spiro atoms. The van der Waals surface area contributed by atoms with Gasteiger partial charge in [-0.2, -0.15) is 25.1 Å². The molecule has 1 fully saturated rings. The molecule has 41 heteroatoms. The summed E-state index contributed by atoms with van der Waals surface area (Å²) in [5, 5.41) is 54.7. The van der Waals surface area contributed by atoms with Crippen LogP contribution >= 0.6 is 54.5 Å². The number of nitrogens with one attached hydrogen (secondary N) is 5. The van der Waals surface area contributed by atoms with Crippen LogP contribution in [0.1, 0.15) is 97.1 Å². The van der Waals surface area contributed by atoms with E-state index in [1.807, 2.05) is 153 Å². The number of carbonyl (C=O) groups excluding carboxylic acids is 4. The van der Waals surface area contributed by atoms with Gasteiger partial charge in [0.1, 0.15) is 22.8 Å². The third kappa shape index (κ3) is 24.2. The topological polar surface area (TPSA) is 457 Å². The van der Waals surface area contributed by atoms with E-state index in [1.165, 1.54) is 24.9 Å². The number of H-pyrrole nitrogens is 4. The average molecular weight is 2190 g/mol. The Morgan fingerprint density at radius 2 is 0.929 bits per heavy atom. The monoisotopic (exact) mass is 2180 g/mol. The van der Waals surface area contributed by atoms with E-state index >= 15 is 0 Å². The fraction of sp³-hybridized carbons (Fsp3) is 0.192. The number of aliphatic hydroxyl groups excluding tert-OH is 1. The number of aliphatic hydroxyl groups is 1. The van der Waals surface area contributed by atoms with E-state index in [2.05, 4.69) is 116 Å². The van der Waals surface area contributed by atoms with Gasteiger partial charge in [0.15, 0.2) is 16.9 Å². The highest BCUT2D eigenvalue weighted by molar-refractivity contribution is 14.1. The number of rotatable bonds is 18. The van der Waals surface area contributed by atoms with Crippen LogP contribution in [0.2, 0.25) is 0 Å². The largest absolute Gasteiger partial charge is 0.498 e. The summed E-state index contributed by atoms with van der Waals surface area (Å²) >= 11 is 8.91. The summed E-state index contributed by atoms with van der Waals surface area (Å²) in [6, 6.07) is 57.5. The maximum absolute atomic E-state index is 13.8. The van der Waals surface area contributed by atoms with E-state index < -0.39 is 67.2 Å². The lowest BCUT2D eigenvalue weighted by molar-refractivity contribution is -0.117. The zero-order chi connectivity index (χ0) is 101. The third-order valence-electron chi connectivity index (χ3n) is 22.0. The van der Waals surface area contributed by atoms with Crippen LogP contribution in [0.5, 0.6) is 0 Å². The first kappa shape index (κ1) is 104. The lowest BCUT2D eigenvalue weighted by Gasteiger charge is -2.32. The minimum atomic E-state index is -3.95. The molecule has 12 aromatic heterocycles. The van der Waals surface area contributed by atoms with Crippen LogP contribution in [0.25, 0.3) is 100 Å². The molecule has 18 aromatic rings. The van der Waals surface area contributed by atoms with Crippen molar-refractivity contribution in [1.82, 2.24) is 77.2 Å². The van der Waals surface area contributed by atoms with Crippen LogP contribution in [0.3, 0.4) is 0 Å². The molecule has 19 rings (SSSR count). The smallest absolute Gasteiger partial charge is 0.442 e. The van der Waals surface area contributed by atoms with Crippen LogP contribution in [-0.4, -0.2) is 179 Å². The second kappa shape index (κ2) is 44.0. The van der Waals surface area contributed by atoms with Crippen molar-refractivity contribution in [2.45, 2.75) is 134 Å². The number of anilines is 1. The maximum Gasteiger partial charge on any atom is 0.498 e.